The lowest BCUT2D eigenvalue weighted by molar-refractivity contribution is -0.192. The molecule has 1 saturated heterocycles. The number of hydrogen-bond donors (Lipinski definition) is 3. The van der Waals surface area contributed by atoms with Crippen LogP contribution in [0, 0.1) is 11.3 Å². The number of aliphatic carboxylic acids is 1. The first-order valence-electron chi connectivity index (χ1n) is 10.1. The zero-order chi connectivity index (χ0) is 24.7. The average Bonchev–Trinajstić information content (AvgIpc) is 3.04. The minimum absolute atomic E-state index is 0.338. The Morgan fingerprint density at radius 1 is 1.18 bits per heavy atom. The second kappa shape index (κ2) is 10.6. The summed E-state index contributed by atoms with van der Waals surface area (Å²) in [6.45, 7) is 3.69. The number of carboxylic acid groups (broad SMARTS) is 1. The average molecular weight is 475 g/mol. The maximum absolute atomic E-state index is 12.8. The molecule has 1 aromatic carbocycles. The standard InChI is InChI=1S/C19H19N7O.C2HF3O2/c20-12-14-4-1-2-5-16(14)23-19(27)15-13-22-26-10-6-17(24-18(15)26)25-9-3-7-21-8-11-25;3-2(4,5)1(6)7/h1-2,4-6,10,13,21H,3,7-9,11H2,(H,23,27);(H,6,7). The van der Waals surface area contributed by atoms with E-state index in [-0.39, 0.29) is 5.91 Å². The summed E-state index contributed by atoms with van der Waals surface area (Å²) in [6, 6.07) is 10.9. The van der Waals surface area contributed by atoms with Crippen molar-refractivity contribution in [1.29, 1.82) is 5.26 Å². The number of halogens is 3. The van der Waals surface area contributed by atoms with Gasteiger partial charge >= 0.3 is 12.1 Å². The Morgan fingerprint density at radius 3 is 2.62 bits per heavy atom. The van der Waals surface area contributed by atoms with Crippen LogP contribution in [0.2, 0.25) is 0 Å². The summed E-state index contributed by atoms with van der Waals surface area (Å²) in [5, 5.41) is 26.7. The van der Waals surface area contributed by atoms with Gasteiger partial charge in [-0.05, 0) is 31.2 Å². The molecule has 3 aromatic rings. The predicted octanol–water partition coefficient (Wildman–Crippen LogP) is 2.29. The molecule has 13 heteroatoms. The third-order valence-corrected chi connectivity index (χ3v) is 4.80. The van der Waals surface area contributed by atoms with Crippen LogP contribution in [0.25, 0.3) is 5.65 Å². The lowest BCUT2D eigenvalue weighted by atomic mass is 10.2. The van der Waals surface area contributed by atoms with E-state index in [9.17, 15) is 23.2 Å². The van der Waals surface area contributed by atoms with Crippen molar-refractivity contribution in [2.75, 3.05) is 36.4 Å². The minimum Gasteiger partial charge on any atom is -0.475 e. The number of para-hydroxylation sites is 1. The molecule has 4 rings (SSSR count). The van der Waals surface area contributed by atoms with E-state index in [1.807, 2.05) is 12.3 Å². The summed E-state index contributed by atoms with van der Waals surface area (Å²) in [4.78, 5) is 28.5. The Bertz CT molecular complexity index is 1210. The number of carbonyl (C=O) groups is 2. The molecule has 0 unspecified atom stereocenters. The van der Waals surface area contributed by atoms with Crippen molar-refractivity contribution in [3.8, 4) is 6.07 Å². The summed E-state index contributed by atoms with van der Waals surface area (Å²) < 4.78 is 33.3. The molecule has 1 amide bonds. The highest BCUT2D eigenvalue weighted by atomic mass is 19.4. The molecule has 178 valence electrons. The van der Waals surface area contributed by atoms with Crippen LogP contribution in [-0.2, 0) is 4.79 Å². The Morgan fingerprint density at radius 2 is 1.91 bits per heavy atom. The van der Waals surface area contributed by atoms with Gasteiger partial charge in [-0.15, -0.1) is 0 Å². The van der Waals surface area contributed by atoms with Crippen molar-refractivity contribution < 1.29 is 27.9 Å². The first-order valence-corrected chi connectivity index (χ1v) is 10.1. The van der Waals surface area contributed by atoms with Gasteiger partial charge in [-0.3, -0.25) is 4.79 Å². The van der Waals surface area contributed by atoms with E-state index < -0.39 is 12.1 Å². The molecule has 0 radical (unpaired) electrons. The first kappa shape index (κ1) is 24.5. The molecular formula is C21H20F3N7O3. The number of anilines is 2. The van der Waals surface area contributed by atoms with Crippen molar-refractivity contribution in [3.05, 3.63) is 53.9 Å². The van der Waals surface area contributed by atoms with Gasteiger partial charge in [-0.25, -0.2) is 14.3 Å². The number of amides is 1. The molecule has 10 nitrogen and oxygen atoms in total. The Hall–Kier alpha value is -4.18. The first-order chi connectivity index (χ1) is 16.2. The van der Waals surface area contributed by atoms with Gasteiger partial charge in [0.25, 0.3) is 5.91 Å². The maximum atomic E-state index is 12.8. The fourth-order valence-electron chi connectivity index (χ4n) is 3.15. The summed E-state index contributed by atoms with van der Waals surface area (Å²) in [6.07, 6.45) is -0.721. The highest BCUT2D eigenvalue weighted by Crippen LogP contribution is 2.19. The molecule has 0 spiro atoms. The van der Waals surface area contributed by atoms with Crippen LogP contribution in [0.5, 0.6) is 0 Å². The molecule has 0 saturated carbocycles. The summed E-state index contributed by atoms with van der Waals surface area (Å²) in [5.41, 5.74) is 1.75. The van der Waals surface area contributed by atoms with E-state index in [0.29, 0.717) is 22.5 Å². The highest BCUT2D eigenvalue weighted by Gasteiger charge is 2.38. The van der Waals surface area contributed by atoms with E-state index in [1.165, 1.54) is 6.20 Å². The Labute approximate surface area is 191 Å². The van der Waals surface area contributed by atoms with E-state index in [2.05, 4.69) is 31.7 Å². The van der Waals surface area contributed by atoms with Crippen LogP contribution >= 0.6 is 0 Å². The zero-order valence-electron chi connectivity index (χ0n) is 17.7. The van der Waals surface area contributed by atoms with Crippen LogP contribution in [0.15, 0.2) is 42.7 Å². The number of alkyl halides is 3. The highest BCUT2D eigenvalue weighted by molar-refractivity contribution is 6.08. The number of carbonyl (C=O) groups excluding carboxylic acids is 1. The monoisotopic (exact) mass is 475 g/mol. The number of hydrogen-bond acceptors (Lipinski definition) is 7. The quantitative estimate of drug-likeness (QED) is 0.525. The SMILES string of the molecule is N#Cc1ccccc1NC(=O)c1cnn2ccc(N3CCCNCC3)nc12.O=C(O)C(F)(F)F. The van der Waals surface area contributed by atoms with Gasteiger partial charge < -0.3 is 20.6 Å². The topological polar surface area (TPSA) is 136 Å². The third kappa shape index (κ3) is 5.99. The number of nitrogens with zero attached hydrogens (tertiary/aromatic N) is 5. The van der Waals surface area contributed by atoms with Crippen LogP contribution < -0.4 is 15.5 Å². The van der Waals surface area contributed by atoms with Crippen molar-refractivity contribution >= 4 is 29.0 Å². The maximum Gasteiger partial charge on any atom is 0.490 e. The molecule has 1 aliphatic heterocycles. The van der Waals surface area contributed by atoms with Gasteiger partial charge in [0.1, 0.15) is 17.5 Å². The van der Waals surface area contributed by atoms with Crippen molar-refractivity contribution in [3.63, 3.8) is 0 Å². The van der Waals surface area contributed by atoms with Crippen LogP contribution in [-0.4, -0.2) is 63.9 Å². The molecule has 0 bridgehead atoms. The minimum atomic E-state index is -5.08. The number of carboxylic acids is 1. The number of nitrogens with one attached hydrogen (secondary N) is 2. The van der Waals surface area contributed by atoms with Gasteiger partial charge in [0.15, 0.2) is 5.65 Å². The second-order valence-corrected chi connectivity index (χ2v) is 7.12. The van der Waals surface area contributed by atoms with Crippen LogP contribution in [0.4, 0.5) is 24.7 Å². The lowest BCUT2D eigenvalue weighted by Gasteiger charge is -2.20. The van der Waals surface area contributed by atoms with E-state index >= 15 is 0 Å². The second-order valence-electron chi connectivity index (χ2n) is 7.12. The molecule has 3 heterocycles. The predicted molar refractivity (Wildman–Crippen MR) is 115 cm³/mol. The summed E-state index contributed by atoms with van der Waals surface area (Å²) in [7, 11) is 0. The lowest BCUT2D eigenvalue weighted by Crippen LogP contribution is -2.28. The normalized spacial score (nSPS) is 13.9. The molecular weight excluding hydrogens is 455 g/mol. The fourth-order valence-corrected chi connectivity index (χ4v) is 3.15. The van der Waals surface area contributed by atoms with E-state index in [0.717, 1.165) is 38.4 Å². The summed E-state index contributed by atoms with van der Waals surface area (Å²) >= 11 is 0. The molecule has 1 fully saturated rings. The van der Waals surface area contributed by atoms with Gasteiger partial charge in [0, 0.05) is 25.8 Å². The van der Waals surface area contributed by atoms with Gasteiger partial charge in [-0.1, -0.05) is 12.1 Å². The molecule has 3 N–H and O–H groups in total. The Kier molecular flexibility index (Phi) is 7.64. The molecule has 0 atom stereocenters. The third-order valence-electron chi connectivity index (χ3n) is 4.80. The Balaban J connectivity index is 0.000000406. The van der Waals surface area contributed by atoms with E-state index in [4.69, 9.17) is 9.90 Å². The molecule has 34 heavy (non-hydrogen) atoms. The van der Waals surface area contributed by atoms with Gasteiger partial charge in [0.2, 0.25) is 0 Å². The van der Waals surface area contributed by atoms with E-state index in [1.54, 1.807) is 28.8 Å². The summed E-state index contributed by atoms with van der Waals surface area (Å²) in [5.74, 6) is -2.26. The number of aromatic nitrogens is 3. The van der Waals surface area contributed by atoms with Gasteiger partial charge in [-0.2, -0.15) is 23.5 Å². The molecule has 0 aliphatic carbocycles. The van der Waals surface area contributed by atoms with Crippen molar-refractivity contribution in [2.24, 2.45) is 0 Å². The van der Waals surface area contributed by atoms with Crippen LogP contribution in [0.1, 0.15) is 22.3 Å². The fraction of sp³-hybridized carbons (Fsp3) is 0.286. The number of rotatable bonds is 3. The largest absolute Gasteiger partial charge is 0.490 e. The molecule has 1 aliphatic rings. The number of fused-ring (bicyclic) bond motifs is 1. The number of nitriles is 1. The zero-order valence-corrected chi connectivity index (χ0v) is 17.7. The van der Waals surface area contributed by atoms with Crippen molar-refractivity contribution in [2.45, 2.75) is 12.6 Å². The van der Waals surface area contributed by atoms with Gasteiger partial charge in [0.05, 0.1) is 17.4 Å². The van der Waals surface area contributed by atoms with Crippen molar-refractivity contribution in [1.82, 2.24) is 19.9 Å². The van der Waals surface area contributed by atoms with Crippen LogP contribution in [0.3, 0.4) is 0 Å². The smallest absolute Gasteiger partial charge is 0.475 e. The molecule has 2 aromatic heterocycles. The number of benzene rings is 1.